The van der Waals surface area contributed by atoms with Crippen molar-refractivity contribution < 1.29 is 0 Å². The minimum absolute atomic E-state index is 0.0347. The molecule has 34 heavy (non-hydrogen) atoms. The summed E-state index contributed by atoms with van der Waals surface area (Å²) in [6.45, 7) is 7.58. The van der Waals surface area contributed by atoms with Crippen molar-refractivity contribution in [2.75, 3.05) is 0 Å². The molecule has 3 aromatic heterocycles. The van der Waals surface area contributed by atoms with Gasteiger partial charge in [0.2, 0.25) is 5.82 Å². The first-order valence-electron chi connectivity index (χ1n) is 11.7. The average molecular weight is 480 g/mol. The number of pyridine rings is 1. The number of benzene rings is 1. The Labute approximate surface area is 204 Å². The molecule has 8 nitrogen and oxygen atoms in total. The van der Waals surface area contributed by atoms with Gasteiger partial charge in [-0.1, -0.05) is 63.1 Å². The van der Waals surface area contributed by atoms with Crippen molar-refractivity contribution in [2.24, 2.45) is 5.92 Å². The molecule has 0 spiro atoms. The van der Waals surface area contributed by atoms with Gasteiger partial charge in [0, 0.05) is 30.1 Å². The van der Waals surface area contributed by atoms with Gasteiger partial charge in [0.05, 0.1) is 12.2 Å². The van der Waals surface area contributed by atoms with Gasteiger partial charge in [0.25, 0.3) is 0 Å². The molecule has 0 bridgehead atoms. The van der Waals surface area contributed by atoms with Crippen LogP contribution in [0.3, 0.4) is 0 Å². The van der Waals surface area contributed by atoms with Crippen LogP contribution in [0.15, 0.2) is 47.5 Å². The van der Waals surface area contributed by atoms with Gasteiger partial charge in [-0.15, -0.1) is 10.2 Å². The zero-order valence-corrected chi connectivity index (χ0v) is 20.6. The van der Waals surface area contributed by atoms with Gasteiger partial charge in [0.1, 0.15) is 5.15 Å². The standard InChI is InChI=1S/C25H30ClN7O/c1-4-5-6-22-23(26)32(14-12-17(2)3)25(34)33(22)16-18-7-9-19(10-8-18)21-15-27-13-11-20(21)24-28-30-31-29-24/h7-11,13,15,17H,4-6,12,14,16H2,1-3H3,(H,28,29,30,31). The molecule has 0 saturated carbocycles. The fourth-order valence-electron chi connectivity index (χ4n) is 4.01. The smallest absolute Gasteiger partial charge is 0.290 e. The quantitative estimate of drug-likeness (QED) is 0.346. The van der Waals surface area contributed by atoms with E-state index in [1.165, 1.54) is 0 Å². The molecule has 0 fully saturated rings. The highest BCUT2D eigenvalue weighted by Crippen LogP contribution is 2.29. The zero-order valence-electron chi connectivity index (χ0n) is 19.8. The van der Waals surface area contributed by atoms with E-state index in [0.29, 0.717) is 30.0 Å². The van der Waals surface area contributed by atoms with Crippen molar-refractivity contribution in [1.82, 2.24) is 34.7 Å². The maximum absolute atomic E-state index is 13.3. The number of nitrogens with zero attached hydrogens (tertiary/aromatic N) is 6. The molecular weight excluding hydrogens is 450 g/mol. The molecule has 1 aromatic carbocycles. The fraction of sp³-hybridized carbons (Fsp3) is 0.400. The molecule has 0 radical (unpaired) electrons. The van der Waals surface area contributed by atoms with Gasteiger partial charge in [-0.2, -0.15) is 5.21 Å². The number of imidazole rings is 1. The lowest BCUT2D eigenvalue weighted by molar-refractivity contribution is 0.503. The van der Waals surface area contributed by atoms with Crippen LogP contribution in [0.2, 0.25) is 5.15 Å². The first-order valence-corrected chi connectivity index (χ1v) is 12.1. The molecule has 9 heteroatoms. The second kappa shape index (κ2) is 10.8. The highest BCUT2D eigenvalue weighted by atomic mass is 35.5. The number of tetrazole rings is 1. The van der Waals surface area contributed by atoms with Crippen molar-refractivity contribution >= 4 is 11.6 Å². The van der Waals surface area contributed by atoms with Crippen LogP contribution >= 0.6 is 11.6 Å². The molecule has 0 unspecified atom stereocenters. The third kappa shape index (κ3) is 5.12. The van der Waals surface area contributed by atoms with Gasteiger partial charge in [-0.05, 0) is 47.6 Å². The van der Waals surface area contributed by atoms with Gasteiger partial charge >= 0.3 is 5.69 Å². The van der Waals surface area contributed by atoms with Crippen LogP contribution in [0.1, 0.15) is 51.3 Å². The summed E-state index contributed by atoms with van der Waals surface area (Å²) >= 11 is 6.71. The Bertz CT molecular complexity index is 1270. The molecule has 178 valence electrons. The van der Waals surface area contributed by atoms with Gasteiger partial charge in [0.15, 0.2) is 0 Å². The van der Waals surface area contributed by atoms with Crippen LogP contribution < -0.4 is 5.69 Å². The SMILES string of the molecule is CCCCc1c(Cl)n(CCC(C)C)c(=O)n1Cc1ccc(-c2cnccc2-c2nn[nH]n2)cc1. The average Bonchev–Trinajstić information content (AvgIpc) is 3.45. The first-order chi connectivity index (χ1) is 16.5. The molecule has 0 saturated heterocycles. The monoisotopic (exact) mass is 479 g/mol. The lowest BCUT2D eigenvalue weighted by Crippen LogP contribution is -2.26. The number of unbranched alkanes of at least 4 members (excludes halogenated alkanes) is 1. The number of hydrogen-bond donors (Lipinski definition) is 1. The van der Waals surface area contributed by atoms with Crippen molar-refractivity contribution in [1.29, 1.82) is 0 Å². The second-order valence-electron chi connectivity index (χ2n) is 8.90. The summed E-state index contributed by atoms with van der Waals surface area (Å²) in [5.74, 6) is 1.02. The maximum atomic E-state index is 13.3. The largest absolute Gasteiger partial charge is 0.329 e. The summed E-state index contributed by atoms with van der Waals surface area (Å²) < 4.78 is 3.57. The molecule has 0 aliphatic carbocycles. The molecule has 3 heterocycles. The zero-order chi connectivity index (χ0) is 24.1. The highest BCUT2D eigenvalue weighted by Gasteiger charge is 2.19. The van der Waals surface area contributed by atoms with Crippen LogP contribution in [0.5, 0.6) is 0 Å². The highest BCUT2D eigenvalue weighted by molar-refractivity contribution is 6.30. The molecule has 4 aromatic rings. The second-order valence-corrected chi connectivity index (χ2v) is 9.26. The summed E-state index contributed by atoms with van der Waals surface area (Å²) in [5.41, 5.74) is 4.68. The normalized spacial score (nSPS) is 11.4. The van der Waals surface area contributed by atoms with Crippen molar-refractivity contribution in [3.05, 3.63) is 69.6 Å². The van der Waals surface area contributed by atoms with E-state index in [4.69, 9.17) is 11.6 Å². The third-order valence-electron chi connectivity index (χ3n) is 5.97. The Morgan fingerprint density at radius 2 is 1.88 bits per heavy atom. The number of aromatic amines is 1. The molecule has 4 rings (SSSR count). The van der Waals surface area contributed by atoms with Gasteiger partial charge in [-0.25, -0.2) is 4.79 Å². The third-order valence-corrected chi connectivity index (χ3v) is 6.40. The predicted molar refractivity (Wildman–Crippen MR) is 134 cm³/mol. The van der Waals surface area contributed by atoms with E-state index < -0.39 is 0 Å². The fourth-order valence-corrected chi connectivity index (χ4v) is 4.36. The lowest BCUT2D eigenvalue weighted by Gasteiger charge is -2.10. The Balaban J connectivity index is 1.63. The Hall–Kier alpha value is -3.26. The first kappa shape index (κ1) is 23.9. The maximum Gasteiger partial charge on any atom is 0.329 e. The Morgan fingerprint density at radius 1 is 1.09 bits per heavy atom. The van der Waals surface area contributed by atoms with Crippen molar-refractivity contribution in [2.45, 2.75) is 59.5 Å². The van der Waals surface area contributed by atoms with Gasteiger partial charge < -0.3 is 0 Å². The minimum Gasteiger partial charge on any atom is -0.290 e. The van der Waals surface area contributed by atoms with E-state index in [2.05, 4.69) is 46.4 Å². The van der Waals surface area contributed by atoms with E-state index in [1.807, 2.05) is 34.9 Å². The summed E-state index contributed by atoms with van der Waals surface area (Å²) in [5, 5.41) is 14.9. The predicted octanol–water partition coefficient (Wildman–Crippen LogP) is 4.98. The number of H-pyrrole nitrogens is 1. The molecule has 0 aliphatic rings. The lowest BCUT2D eigenvalue weighted by atomic mass is 10.0. The number of halogens is 1. The van der Waals surface area contributed by atoms with E-state index in [0.717, 1.165) is 53.6 Å². The van der Waals surface area contributed by atoms with Crippen LogP contribution in [-0.4, -0.2) is 34.7 Å². The van der Waals surface area contributed by atoms with Crippen LogP contribution in [-0.2, 0) is 19.5 Å². The number of nitrogens with one attached hydrogen (secondary N) is 1. The Kier molecular flexibility index (Phi) is 7.57. The summed E-state index contributed by atoms with van der Waals surface area (Å²) in [6, 6.07) is 10.0. The van der Waals surface area contributed by atoms with Gasteiger partial charge in [-0.3, -0.25) is 14.1 Å². The number of aromatic nitrogens is 7. The molecular formula is C25H30ClN7O. The molecule has 0 amide bonds. The molecule has 0 aliphatic heterocycles. The molecule has 0 atom stereocenters. The summed E-state index contributed by atoms with van der Waals surface area (Å²) in [6.07, 6.45) is 7.25. The van der Waals surface area contributed by atoms with Crippen LogP contribution in [0, 0.1) is 5.92 Å². The topological polar surface area (TPSA) is 94.3 Å². The van der Waals surface area contributed by atoms with Crippen LogP contribution in [0.4, 0.5) is 0 Å². The summed E-state index contributed by atoms with van der Waals surface area (Å²) in [7, 11) is 0. The van der Waals surface area contributed by atoms with Crippen LogP contribution in [0.25, 0.3) is 22.5 Å². The van der Waals surface area contributed by atoms with Crippen molar-refractivity contribution in [3.8, 4) is 22.5 Å². The van der Waals surface area contributed by atoms with E-state index in [9.17, 15) is 4.79 Å². The number of hydrogen-bond acceptors (Lipinski definition) is 5. The molecule has 1 N–H and O–H groups in total. The van der Waals surface area contributed by atoms with E-state index >= 15 is 0 Å². The van der Waals surface area contributed by atoms with E-state index in [1.54, 1.807) is 17.0 Å². The summed E-state index contributed by atoms with van der Waals surface area (Å²) in [4.78, 5) is 17.5. The minimum atomic E-state index is -0.0347. The van der Waals surface area contributed by atoms with E-state index in [-0.39, 0.29) is 5.69 Å². The number of rotatable bonds is 10. The Morgan fingerprint density at radius 3 is 2.56 bits per heavy atom. The van der Waals surface area contributed by atoms with Crippen molar-refractivity contribution in [3.63, 3.8) is 0 Å².